The van der Waals surface area contributed by atoms with Crippen LogP contribution in [0.2, 0.25) is 10.0 Å². The number of hydrogen-bond acceptors (Lipinski definition) is 7. The summed E-state index contributed by atoms with van der Waals surface area (Å²) in [7, 11) is 3.68. The molecule has 4 N–H and O–H groups in total. The van der Waals surface area contributed by atoms with Crippen LogP contribution in [0.4, 0.5) is 11.8 Å². The number of nitrogens with two attached hydrogens (primary N) is 1. The Kier molecular flexibility index (Phi) is 7.69. The lowest BCUT2D eigenvalue weighted by Crippen LogP contribution is -2.09. The summed E-state index contributed by atoms with van der Waals surface area (Å²) >= 11 is 12.2. The van der Waals surface area contributed by atoms with Crippen LogP contribution in [0.15, 0.2) is 23.2 Å². The molecule has 1 aromatic carbocycles. The van der Waals surface area contributed by atoms with Gasteiger partial charge in [0.25, 0.3) is 0 Å². The van der Waals surface area contributed by atoms with Crippen molar-refractivity contribution in [2.75, 3.05) is 19.8 Å². The van der Waals surface area contributed by atoms with Crippen molar-refractivity contribution < 1.29 is 19.8 Å². The van der Waals surface area contributed by atoms with Crippen LogP contribution in [0.3, 0.4) is 0 Å². The van der Waals surface area contributed by atoms with E-state index in [0.29, 0.717) is 27.1 Å². The number of carbonyl (C=O) groups is 2. The van der Waals surface area contributed by atoms with Crippen LogP contribution >= 0.6 is 23.2 Å². The number of rotatable bonds is 3. The molecule has 1 heterocycles. The molecule has 2 rings (SSSR count). The Morgan fingerprint density at radius 2 is 1.81 bits per heavy atom. The molecule has 138 valence electrons. The molecule has 10 nitrogen and oxygen atoms in total. The van der Waals surface area contributed by atoms with Gasteiger partial charge in [-0.05, 0) is 6.07 Å². The SMILES string of the molecule is CN(C)/C=N/c1nc(N)nnc1-c1cccc(Cl)c1Cl.O=C(O)C(=O)O. The van der Waals surface area contributed by atoms with E-state index in [0.717, 1.165) is 0 Å². The Labute approximate surface area is 157 Å². The summed E-state index contributed by atoms with van der Waals surface area (Å²) in [6.07, 6.45) is 1.59. The zero-order chi connectivity index (χ0) is 19.9. The lowest BCUT2D eigenvalue weighted by Gasteiger charge is -2.08. The normalized spacial score (nSPS) is 10.2. The van der Waals surface area contributed by atoms with E-state index in [1.165, 1.54) is 0 Å². The number of nitrogens with zero attached hydrogens (tertiary/aromatic N) is 5. The molecule has 0 saturated heterocycles. The third kappa shape index (κ3) is 6.15. The zero-order valence-corrected chi connectivity index (χ0v) is 15.1. The van der Waals surface area contributed by atoms with E-state index < -0.39 is 11.9 Å². The number of carboxylic acids is 2. The summed E-state index contributed by atoms with van der Waals surface area (Å²) in [5, 5.41) is 23.3. The first-order chi connectivity index (χ1) is 12.1. The number of aliphatic carboxylic acids is 2. The van der Waals surface area contributed by atoms with Gasteiger partial charge in [-0.25, -0.2) is 14.6 Å². The highest BCUT2D eigenvalue weighted by Crippen LogP contribution is 2.35. The van der Waals surface area contributed by atoms with Crippen molar-refractivity contribution in [3.05, 3.63) is 28.2 Å². The van der Waals surface area contributed by atoms with Gasteiger partial charge >= 0.3 is 11.9 Å². The molecular weight excluding hydrogens is 387 g/mol. The first-order valence-electron chi connectivity index (χ1n) is 6.74. The van der Waals surface area contributed by atoms with Crippen LogP contribution in [-0.4, -0.2) is 62.7 Å². The predicted octanol–water partition coefficient (Wildman–Crippen LogP) is 1.80. The number of aliphatic imine (C=N–C) groups is 1. The first kappa shape index (κ1) is 21.1. The molecule has 1 aromatic heterocycles. The second kappa shape index (κ2) is 9.49. The minimum Gasteiger partial charge on any atom is -0.473 e. The molecule has 0 atom stereocenters. The molecule has 0 aliphatic rings. The van der Waals surface area contributed by atoms with Crippen LogP contribution in [0.25, 0.3) is 11.3 Å². The molecular formula is C14H14Cl2N6O4. The van der Waals surface area contributed by atoms with E-state index in [4.69, 9.17) is 48.7 Å². The molecule has 0 radical (unpaired) electrons. The van der Waals surface area contributed by atoms with Gasteiger partial charge in [0.05, 0.1) is 16.4 Å². The van der Waals surface area contributed by atoms with E-state index in [1.807, 2.05) is 14.1 Å². The lowest BCUT2D eigenvalue weighted by atomic mass is 10.1. The number of hydrogen-bond donors (Lipinski definition) is 3. The fourth-order valence-electron chi connectivity index (χ4n) is 1.45. The van der Waals surface area contributed by atoms with Crippen molar-refractivity contribution in [2.24, 2.45) is 4.99 Å². The fourth-order valence-corrected chi connectivity index (χ4v) is 1.84. The maximum absolute atomic E-state index is 9.10. The van der Waals surface area contributed by atoms with Gasteiger partial charge in [0.1, 0.15) is 5.69 Å². The summed E-state index contributed by atoms with van der Waals surface area (Å²) in [5.41, 5.74) is 6.57. The van der Waals surface area contributed by atoms with Crippen molar-refractivity contribution in [3.63, 3.8) is 0 Å². The maximum Gasteiger partial charge on any atom is 0.414 e. The Bertz CT molecular complexity index is 832. The van der Waals surface area contributed by atoms with E-state index in [-0.39, 0.29) is 5.95 Å². The third-order valence-corrected chi connectivity index (χ3v) is 3.30. The summed E-state index contributed by atoms with van der Waals surface area (Å²) < 4.78 is 0. The topological polar surface area (TPSA) is 155 Å². The van der Waals surface area contributed by atoms with Gasteiger partial charge in [-0.2, -0.15) is 4.98 Å². The number of nitrogen functional groups attached to an aromatic ring is 1. The second-order valence-corrected chi connectivity index (χ2v) is 5.55. The highest BCUT2D eigenvalue weighted by atomic mass is 35.5. The van der Waals surface area contributed by atoms with Crippen LogP contribution in [-0.2, 0) is 9.59 Å². The molecule has 0 unspecified atom stereocenters. The van der Waals surface area contributed by atoms with Gasteiger partial charge < -0.3 is 20.8 Å². The molecule has 0 fully saturated rings. The van der Waals surface area contributed by atoms with Gasteiger partial charge in [-0.15, -0.1) is 10.2 Å². The number of anilines is 1. The molecule has 26 heavy (non-hydrogen) atoms. The largest absolute Gasteiger partial charge is 0.473 e. The molecule has 12 heteroatoms. The third-order valence-electron chi connectivity index (χ3n) is 2.49. The smallest absolute Gasteiger partial charge is 0.414 e. The van der Waals surface area contributed by atoms with Gasteiger partial charge in [0.2, 0.25) is 5.95 Å². The van der Waals surface area contributed by atoms with E-state index >= 15 is 0 Å². The highest BCUT2D eigenvalue weighted by Gasteiger charge is 2.14. The van der Waals surface area contributed by atoms with E-state index in [2.05, 4.69) is 20.2 Å². The summed E-state index contributed by atoms with van der Waals surface area (Å²) in [6.45, 7) is 0. The van der Waals surface area contributed by atoms with Crippen LogP contribution in [0.1, 0.15) is 0 Å². The maximum atomic E-state index is 9.10. The first-order valence-corrected chi connectivity index (χ1v) is 7.50. The summed E-state index contributed by atoms with van der Waals surface area (Å²) in [6, 6.07) is 5.22. The second-order valence-electron chi connectivity index (χ2n) is 4.76. The van der Waals surface area contributed by atoms with E-state index in [1.54, 1.807) is 29.4 Å². The van der Waals surface area contributed by atoms with Crippen molar-refractivity contribution in [1.82, 2.24) is 20.1 Å². The molecule has 0 spiro atoms. The fraction of sp³-hybridized carbons (Fsp3) is 0.143. The standard InChI is InChI=1S/C12H12Cl2N6.C2H2O4/c1-20(2)6-16-11-10(18-19-12(15)17-11)7-4-3-5-8(13)9(7)14;3-1(4)2(5)6/h3-6H,1-2H3,(H2,15,17,19);(H,3,4)(H,5,6)/b16-6+;. The van der Waals surface area contributed by atoms with Crippen molar-refractivity contribution >= 4 is 53.2 Å². The van der Waals surface area contributed by atoms with Crippen LogP contribution in [0, 0.1) is 0 Å². The van der Waals surface area contributed by atoms with E-state index in [9.17, 15) is 0 Å². The number of carboxylic acid groups (broad SMARTS) is 2. The number of benzene rings is 1. The number of aromatic nitrogens is 3. The van der Waals surface area contributed by atoms with Gasteiger partial charge in [0.15, 0.2) is 5.82 Å². The highest BCUT2D eigenvalue weighted by molar-refractivity contribution is 6.43. The van der Waals surface area contributed by atoms with Gasteiger partial charge in [-0.1, -0.05) is 35.3 Å². The average Bonchev–Trinajstić information content (AvgIpc) is 2.56. The lowest BCUT2D eigenvalue weighted by molar-refractivity contribution is -0.159. The number of halogens is 2. The molecule has 0 amide bonds. The van der Waals surface area contributed by atoms with Crippen molar-refractivity contribution in [3.8, 4) is 11.3 Å². The zero-order valence-electron chi connectivity index (χ0n) is 13.6. The van der Waals surface area contributed by atoms with Gasteiger partial charge in [0, 0.05) is 19.7 Å². The Morgan fingerprint density at radius 3 is 2.35 bits per heavy atom. The summed E-state index contributed by atoms with van der Waals surface area (Å²) in [4.78, 5) is 28.3. The quantitative estimate of drug-likeness (QED) is 0.397. The van der Waals surface area contributed by atoms with Gasteiger partial charge in [-0.3, -0.25) is 0 Å². The van der Waals surface area contributed by atoms with Crippen LogP contribution in [0.5, 0.6) is 0 Å². The molecule has 0 aliphatic carbocycles. The van der Waals surface area contributed by atoms with Crippen LogP contribution < -0.4 is 5.73 Å². The minimum atomic E-state index is -1.82. The molecule has 0 saturated carbocycles. The molecule has 2 aromatic rings. The molecule has 0 bridgehead atoms. The average molecular weight is 401 g/mol. The Morgan fingerprint density at radius 1 is 1.19 bits per heavy atom. The monoisotopic (exact) mass is 400 g/mol. The predicted molar refractivity (Wildman–Crippen MR) is 96.8 cm³/mol. The summed E-state index contributed by atoms with van der Waals surface area (Å²) in [5.74, 6) is -3.28. The van der Waals surface area contributed by atoms with Crippen molar-refractivity contribution in [2.45, 2.75) is 0 Å². The van der Waals surface area contributed by atoms with Crippen molar-refractivity contribution in [1.29, 1.82) is 0 Å². The molecule has 0 aliphatic heterocycles. The minimum absolute atomic E-state index is 0.0396. The Balaban J connectivity index is 0.000000487. The Hall–Kier alpha value is -2.98.